The molecule has 2 aliphatic rings. The average Bonchev–Trinajstić information content (AvgIpc) is 2.96. The molecule has 16 heavy (non-hydrogen) atoms. The normalized spacial score (nSPS) is 22.1. The molecule has 1 aliphatic carbocycles. The molecule has 1 saturated carbocycles. The second-order valence-electron chi connectivity index (χ2n) is 4.65. The molecule has 5 nitrogen and oxygen atoms in total. The molecule has 0 radical (unpaired) electrons. The fourth-order valence-electron chi connectivity index (χ4n) is 2.13. The van der Waals surface area contributed by atoms with Crippen molar-refractivity contribution in [1.82, 2.24) is 14.1 Å². The average molecular weight is 241 g/mol. The van der Waals surface area contributed by atoms with Crippen LogP contribution in [0.2, 0.25) is 0 Å². The van der Waals surface area contributed by atoms with Crippen molar-refractivity contribution in [3.63, 3.8) is 0 Å². The van der Waals surface area contributed by atoms with Gasteiger partial charge in [0.1, 0.15) is 0 Å². The molecule has 0 aromatic carbocycles. The monoisotopic (exact) mass is 241 g/mol. The van der Waals surface area contributed by atoms with Gasteiger partial charge in [0.25, 0.3) is 0 Å². The highest BCUT2D eigenvalue weighted by molar-refractivity contribution is 7.88. The SMILES string of the molecule is CS(=O)(=O)N1CCn2nc(C3CC3)cc2C1. The third kappa shape index (κ3) is 1.76. The van der Waals surface area contributed by atoms with Crippen molar-refractivity contribution in [2.24, 2.45) is 0 Å². The summed E-state index contributed by atoms with van der Waals surface area (Å²) in [6.07, 6.45) is 3.72. The first-order chi connectivity index (χ1) is 7.54. The Hall–Kier alpha value is -0.880. The summed E-state index contributed by atoms with van der Waals surface area (Å²) in [7, 11) is -3.07. The molecule has 0 bridgehead atoms. The number of hydrogen-bond acceptors (Lipinski definition) is 3. The molecule has 1 fully saturated rings. The number of sulfonamides is 1. The van der Waals surface area contributed by atoms with E-state index in [4.69, 9.17) is 0 Å². The van der Waals surface area contributed by atoms with Crippen molar-refractivity contribution in [3.05, 3.63) is 17.5 Å². The van der Waals surface area contributed by atoms with Gasteiger partial charge in [-0.1, -0.05) is 0 Å². The highest BCUT2D eigenvalue weighted by atomic mass is 32.2. The van der Waals surface area contributed by atoms with E-state index in [1.54, 1.807) is 0 Å². The Morgan fingerprint density at radius 3 is 2.75 bits per heavy atom. The molecular formula is C10H15N3O2S. The lowest BCUT2D eigenvalue weighted by Crippen LogP contribution is -2.37. The van der Waals surface area contributed by atoms with Gasteiger partial charge in [-0.2, -0.15) is 9.40 Å². The van der Waals surface area contributed by atoms with Gasteiger partial charge in [-0.3, -0.25) is 4.68 Å². The molecule has 88 valence electrons. The van der Waals surface area contributed by atoms with Crippen LogP contribution in [0.5, 0.6) is 0 Å². The summed E-state index contributed by atoms with van der Waals surface area (Å²) in [5.41, 5.74) is 2.17. The number of nitrogens with zero attached hydrogens (tertiary/aromatic N) is 3. The van der Waals surface area contributed by atoms with E-state index in [1.165, 1.54) is 23.4 Å². The van der Waals surface area contributed by atoms with Crippen LogP contribution in [0.1, 0.15) is 30.1 Å². The number of hydrogen-bond donors (Lipinski definition) is 0. The summed E-state index contributed by atoms with van der Waals surface area (Å²) in [5, 5.41) is 4.52. The van der Waals surface area contributed by atoms with E-state index < -0.39 is 10.0 Å². The van der Waals surface area contributed by atoms with E-state index in [2.05, 4.69) is 11.2 Å². The molecule has 0 spiro atoms. The maximum Gasteiger partial charge on any atom is 0.211 e. The van der Waals surface area contributed by atoms with Gasteiger partial charge in [-0.05, 0) is 18.9 Å². The quantitative estimate of drug-likeness (QED) is 0.759. The molecule has 6 heteroatoms. The summed E-state index contributed by atoms with van der Waals surface area (Å²) < 4.78 is 26.4. The van der Waals surface area contributed by atoms with E-state index in [-0.39, 0.29) is 0 Å². The van der Waals surface area contributed by atoms with Crippen molar-refractivity contribution in [2.45, 2.75) is 31.8 Å². The lowest BCUT2D eigenvalue weighted by Gasteiger charge is -2.25. The predicted molar refractivity (Wildman–Crippen MR) is 59.5 cm³/mol. The van der Waals surface area contributed by atoms with Crippen LogP contribution in [0.3, 0.4) is 0 Å². The van der Waals surface area contributed by atoms with Crippen LogP contribution >= 0.6 is 0 Å². The van der Waals surface area contributed by atoms with Gasteiger partial charge in [-0.15, -0.1) is 0 Å². The van der Waals surface area contributed by atoms with E-state index in [1.807, 2.05) is 4.68 Å². The minimum atomic E-state index is -3.07. The third-order valence-corrected chi connectivity index (χ3v) is 4.50. The standard InChI is InChI=1S/C10H15N3O2S/c1-16(14,15)12-4-5-13-9(7-12)6-10(11-13)8-2-3-8/h6,8H,2-5,7H2,1H3. The van der Waals surface area contributed by atoms with Crippen LogP contribution in [0, 0.1) is 0 Å². The minimum Gasteiger partial charge on any atom is -0.267 e. The summed E-state index contributed by atoms with van der Waals surface area (Å²) in [4.78, 5) is 0. The zero-order chi connectivity index (χ0) is 11.3. The maximum absolute atomic E-state index is 11.4. The van der Waals surface area contributed by atoms with Crippen LogP contribution in [0.4, 0.5) is 0 Å². The van der Waals surface area contributed by atoms with Crippen molar-refractivity contribution >= 4 is 10.0 Å². The largest absolute Gasteiger partial charge is 0.267 e. The fourth-order valence-corrected chi connectivity index (χ4v) is 2.91. The molecule has 0 amide bonds. The van der Waals surface area contributed by atoms with Gasteiger partial charge in [0.05, 0.1) is 30.7 Å². The van der Waals surface area contributed by atoms with E-state index in [0.29, 0.717) is 25.6 Å². The highest BCUT2D eigenvalue weighted by Crippen LogP contribution is 2.39. The smallest absolute Gasteiger partial charge is 0.211 e. The molecule has 0 atom stereocenters. The summed E-state index contributed by atoms with van der Waals surface area (Å²) in [6.45, 7) is 1.69. The Balaban J connectivity index is 1.88. The topological polar surface area (TPSA) is 55.2 Å². The second kappa shape index (κ2) is 3.30. The Kier molecular flexibility index (Phi) is 2.12. The van der Waals surface area contributed by atoms with Gasteiger partial charge in [0, 0.05) is 12.5 Å². The summed E-state index contributed by atoms with van der Waals surface area (Å²) >= 11 is 0. The van der Waals surface area contributed by atoms with Crippen molar-refractivity contribution in [3.8, 4) is 0 Å². The summed E-state index contributed by atoms with van der Waals surface area (Å²) in [5.74, 6) is 0.629. The maximum atomic E-state index is 11.4. The first-order valence-corrected chi connectivity index (χ1v) is 7.40. The van der Waals surface area contributed by atoms with Gasteiger partial charge in [0.15, 0.2) is 0 Å². The molecular weight excluding hydrogens is 226 g/mol. The van der Waals surface area contributed by atoms with Crippen LogP contribution < -0.4 is 0 Å². The first kappa shape index (κ1) is 10.3. The molecule has 0 N–H and O–H groups in total. The van der Waals surface area contributed by atoms with E-state index >= 15 is 0 Å². The second-order valence-corrected chi connectivity index (χ2v) is 6.64. The van der Waals surface area contributed by atoms with E-state index in [9.17, 15) is 8.42 Å². The third-order valence-electron chi connectivity index (χ3n) is 3.25. The van der Waals surface area contributed by atoms with Gasteiger partial charge < -0.3 is 0 Å². The van der Waals surface area contributed by atoms with Crippen LogP contribution in [-0.2, 0) is 23.1 Å². The lowest BCUT2D eigenvalue weighted by molar-refractivity contribution is 0.328. The van der Waals surface area contributed by atoms with Crippen LogP contribution in [-0.4, -0.2) is 35.3 Å². The first-order valence-electron chi connectivity index (χ1n) is 5.56. The fraction of sp³-hybridized carbons (Fsp3) is 0.700. The minimum absolute atomic E-state index is 0.471. The van der Waals surface area contributed by atoms with E-state index in [0.717, 1.165) is 11.4 Å². The van der Waals surface area contributed by atoms with Crippen LogP contribution in [0.15, 0.2) is 6.07 Å². The lowest BCUT2D eigenvalue weighted by atomic mass is 10.2. The Labute approximate surface area is 95.1 Å². The van der Waals surface area contributed by atoms with Crippen molar-refractivity contribution < 1.29 is 8.42 Å². The molecule has 3 rings (SSSR count). The molecule has 2 heterocycles. The zero-order valence-electron chi connectivity index (χ0n) is 9.26. The molecule has 0 saturated heterocycles. The molecule has 0 unspecified atom stereocenters. The Morgan fingerprint density at radius 1 is 1.38 bits per heavy atom. The van der Waals surface area contributed by atoms with Gasteiger partial charge in [-0.25, -0.2) is 8.42 Å². The highest BCUT2D eigenvalue weighted by Gasteiger charge is 2.30. The van der Waals surface area contributed by atoms with Crippen molar-refractivity contribution in [2.75, 3.05) is 12.8 Å². The van der Waals surface area contributed by atoms with Crippen LogP contribution in [0.25, 0.3) is 0 Å². The molecule has 1 aromatic heterocycles. The van der Waals surface area contributed by atoms with Gasteiger partial charge >= 0.3 is 0 Å². The van der Waals surface area contributed by atoms with Crippen molar-refractivity contribution in [1.29, 1.82) is 0 Å². The Bertz CT molecular complexity index is 516. The summed E-state index contributed by atoms with van der Waals surface area (Å²) in [6, 6.07) is 2.06. The van der Waals surface area contributed by atoms with Gasteiger partial charge in [0.2, 0.25) is 10.0 Å². The number of aromatic nitrogens is 2. The molecule has 1 aliphatic heterocycles. The Morgan fingerprint density at radius 2 is 2.12 bits per heavy atom. The molecule has 1 aromatic rings. The number of rotatable bonds is 2. The predicted octanol–water partition coefficient (Wildman–Crippen LogP) is 0.536. The number of fused-ring (bicyclic) bond motifs is 1. The zero-order valence-corrected chi connectivity index (χ0v) is 10.1.